The first kappa shape index (κ1) is 16.2. The topological polar surface area (TPSA) is 67.2 Å². The van der Waals surface area contributed by atoms with E-state index < -0.39 is 0 Å². The summed E-state index contributed by atoms with van der Waals surface area (Å²) in [5.74, 6) is 0.354. The molecule has 108 valence electrons. The summed E-state index contributed by atoms with van der Waals surface area (Å²) >= 11 is 0. The average Bonchev–Trinajstić information content (AvgIpc) is 2.84. The van der Waals surface area contributed by atoms with Crippen LogP contribution in [0.1, 0.15) is 28.7 Å². The van der Waals surface area contributed by atoms with Crippen molar-refractivity contribution >= 4 is 24.0 Å². The number of carbonyl (C=O) groups is 1. The standard InChI is InChI=1S/C14H17N3O2.ClH/c1-3-15-9-11-6-4-5-7-12(11)16-14(18)13-8-10(2)19-17-13;/h4-8,15H,3,9H2,1-2H3,(H,16,18);1H. The fourth-order valence-electron chi connectivity index (χ4n) is 1.72. The Bertz CT molecular complexity index is 569. The maximum absolute atomic E-state index is 12.0. The minimum absolute atomic E-state index is 0. The lowest BCUT2D eigenvalue weighted by Crippen LogP contribution is -2.17. The summed E-state index contributed by atoms with van der Waals surface area (Å²) in [6.45, 7) is 5.39. The van der Waals surface area contributed by atoms with E-state index in [1.54, 1.807) is 13.0 Å². The van der Waals surface area contributed by atoms with Crippen LogP contribution in [0.25, 0.3) is 0 Å². The third-order valence-electron chi connectivity index (χ3n) is 2.69. The second-order valence-electron chi connectivity index (χ2n) is 4.21. The van der Waals surface area contributed by atoms with Crippen molar-refractivity contribution in [3.05, 3.63) is 47.3 Å². The number of para-hydroxylation sites is 1. The van der Waals surface area contributed by atoms with Gasteiger partial charge in [0.15, 0.2) is 5.69 Å². The Morgan fingerprint density at radius 2 is 2.10 bits per heavy atom. The van der Waals surface area contributed by atoms with Gasteiger partial charge in [0.25, 0.3) is 5.91 Å². The van der Waals surface area contributed by atoms with Crippen molar-refractivity contribution in [1.82, 2.24) is 10.5 Å². The minimum atomic E-state index is -0.263. The number of carbonyl (C=O) groups excluding carboxylic acids is 1. The molecule has 0 aliphatic heterocycles. The second-order valence-corrected chi connectivity index (χ2v) is 4.21. The first-order chi connectivity index (χ1) is 9.20. The maximum atomic E-state index is 12.0. The van der Waals surface area contributed by atoms with Crippen LogP contribution in [0, 0.1) is 6.92 Å². The lowest BCUT2D eigenvalue weighted by Gasteiger charge is -2.10. The molecule has 5 nitrogen and oxygen atoms in total. The molecule has 0 bridgehead atoms. The van der Waals surface area contributed by atoms with Crippen LogP contribution < -0.4 is 10.6 Å². The van der Waals surface area contributed by atoms with E-state index in [2.05, 4.69) is 15.8 Å². The zero-order chi connectivity index (χ0) is 13.7. The predicted octanol–water partition coefficient (Wildman–Crippen LogP) is 2.77. The molecule has 0 spiro atoms. The maximum Gasteiger partial charge on any atom is 0.277 e. The highest BCUT2D eigenvalue weighted by Gasteiger charge is 2.12. The van der Waals surface area contributed by atoms with Crippen molar-refractivity contribution in [3.8, 4) is 0 Å². The summed E-state index contributed by atoms with van der Waals surface area (Å²) < 4.78 is 4.90. The van der Waals surface area contributed by atoms with E-state index in [-0.39, 0.29) is 24.0 Å². The molecule has 0 saturated carbocycles. The molecule has 0 aliphatic carbocycles. The monoisotopic (exact) mass is 295 g/mol. The lowest BCUT2D eigenvalue weighted by molar-refractivity contribution is 0.101. The molecule has 6 heteroatoms. The van der Waals surface area contributed by atoms with Gasteiger partial charge in [-0.15, -0.1) is 12.4 Å². The molecule has 1 aromatic carbocycles. The van der Waals surface area contributed by atoms with E-state index in [1.165, 1.54) is 0 Å². The summed E-state index contributed by atoms with van der Waals surface area (Å²) in [5.41, 5.74) is 2.11. The Morgan fingerprint density at radius 3 is 2.75 bits per heavy atom. The van der Waals surface area contributed by atoms with Crippen LogP contribution in [-0.4, -0.2) is 17.6 Å². The largest absolute Gasteiger partial charge is 0.361 e. The lowest BCUT2D eigenvalue weighted by atomic mass is 10.1. The first-order valence-corrected chi connectivity index (χ1v) is 6.24. The second kappa shape index (κ2) is 7.67. The summed E-state index contributed by atoms with van der Waals surface area (Å²) in [6.07, 6.45) is 0. The summed E-state index contributed by atoms with van der Waals surface area (Å²) in [5, 5.41) is 9.79. The SMILES string of the molecule is CCNCc1ccccc1NC(=O)c1cc(C)on1.Cl. The van der Waals surface area contributed by atoms with Gasteiger partial charge in [0.1, 0.15) is 5.76 Å². The Balaban J connectivity index is 0.00000200. The molecule has 1 aromatic heterocycles. The molecule has 20 heavy (non-hydrogen) atoms. The van der Waals surface area contributed by atoms with Crippen LogP contribution in [0.2, 0.25) is 0 Å². The van der Waals surface area contributed by atoms with Gasteiger partial charge in [0, 0.05) is 18.3 Å². The van der Waals surface area contributed by atoms with Crippen LogP contribution in [0.5, 0.6) is 0 Å². The van der Waals surface area contributed by atoms with E-state index in [9.17, 15) is 4.79 Å². The molecule has 2 rings (SSSR count). The molecule has 1 amide bonds. The number of hydrogen-bond acceptors (Lipinski definition) is 4. The molecule has 0 fully saturated rings. The average molecular weight is 296 g/mol. The van der Waals surface area contributed by atoms with Crippen LogP contribution in [0.3, 0.4) is 0 Å². The fourth-order valence-corrected chi connectivity index (χ4v) is 1.72. The summed E-state index contributed by atoms with van der Waals surface area (Å²) in [7, 11) is 0. The molecular weight excluding hydrogens is 278 g/mol. The molecular formula is C14H18ClN3O2. The van der Waals surface area contributed by atoms with E-state index in [1.807, 2.05) is 31.2 Å². The molecule has 2 N–H and O–H groups in total. The molecule has 0 radical (unpaired) electrons. The number of hydrogen-bond donors (Lipinski definition) is 2. The molecule has 2 aromatic rings. The fraction of sp³-hybridized carbons (Fsp3) is 0.286. The predicted molar refractivity (Wildman–Crippen MR) is 80.3 cm³/mol. The van der Waals surface area contributed by atoms with Gasteiger partial charge >= 0.3 is 0 Å². The van der Waals surface area contributed by atoms with Gasteiger partial charge in [-0.25, -0.2) is 0 Å². The van der Waals surface area contributed by atoms with Crippen molar-refractivity contribution in [2.75, 3.05) is 11.9 Å². The van der Waals surface area contributed by atoms with Crippen LogP contribution in [-0.2, 0) is 6.54 Å². The van der Waals surface area contributed by atoms with Gasteiger partial charge in [-0.3, -0.25) is 4.79 Å². The molecule has 0 atom stereocenters. The van der Waals surface area contributed by atoms with Crippen molar-refractivity contribution < 1.29 is 9.32 Å². The van der Waals surface area contributed by atoms with Crippen molar-refractivity contribution in [3.63, 3.8) is 0 Å². The molecule has 0 aliphatic rings. The number of nitrogens with zero attached hydrogens (tertiary/aromatic N) is 1. The van der Waals surface area contributed by atoms with E-state index >= 15 is 0 Å². The normalized spacial score (nSPS) is 9.90. The quantitative estimate of drug-likeness (QED) is 0.890. The van der Waals surface area contributed by atoms with Gasteiger partial charge in [0.05, 0.1) is 0 Å². The smallest absolute Gasteiger partial charge is 0.277 e. The van der Waals surface area contributed by atoms with Crippen LogP contribution in [0.4, 0.5) is 5.69 Å². The van der Waals surface area contributed by atoms with E-state index in [0.29, 0.717) is 12.3 Å². The Kier molecular flexibility index (Phi) is 6.21. The Hall–Kier alpha value is -1.85. The van der Waals surface area contributed by atoms with Gasteiger partial charge in [-0.1, -0.05) is 30.3 Å². The summed E-state index contributed by atoms with van der Waals surface area (Å²) in [6, 6.07) is 9.30. The molecule has 0 saturated heterocycles. The first-order valence-electron chi connectivity index (χ1n) is 6.24. The van der Waals surface area contributed by atoms with Gasteiger partial charge in [-0.05, 0) is 25.1 Å². The highest BCUT2D eigenvalue weighted by atomic mass is 35.5. The summed E-state index contributed by atoms with van der Waals surface area (Å²) in [4.78, 5) is 12.0. The number of benzene rings is 1. The number of aromatic nitrogens is 1. The van der Waals surface area contributed by atoms with Crippen LogP contribution >= 0.6 is 12.4 Å². The van der Waals surface area contributed by atoms with Gasteiger partial charge in [0.2, 0.25) is 0 Å². The molecule has 0 unspecified atom stereocenters. The Morgan fingerprint density at radius 1 is 1.35 bits per heavy atom. The number of halogens is 1. The van der Waals surface area contributed by atoms with Crippen molar-refractivity contribution in [2.45, 2.75) is 20.4 Å². The number of aryl methyl sites for hydroxylation is 1. The number of nitrogens with one attached hydrogen (secondary N) is 2. The number of rotatable bonds is 5. The molecule has 1 heterocycles. The van der Waals surface area contributed by atoms with Gasteiger partial charge < -0.3 is 15.2 Å². The number of anilines is 1. The number of amides is 1. The van der Waals surface area contributed by atoms with E-state index in [4.69, 9.17) is 4.52 Å². The Labute approximate surface area is 124 Å². The highest BCUT2D eigenvalue weighted by molar-refractivity contribution is 6.03. The van der Waals surface area contributed by atoms with Gasteiger partial charge in [-0.2, -0.15) is 0 Å². The highest BCUT2D eigenvalue weighted by Crippen LogP contribution is 2.16. The minimum Gasteiger partial charge on any atom is -0.361 e. The van der Waals surface area contributed by atoms with E-state index in [0.717, 1.165) is 17.8 Å². The van der Waals surface area contributed by atoms with Crippen LogP contribution in [0.15, 0.2) is 34.9 Å². The zero-order valence-corrected chi connectivity index (χ0v) is 12.3. The third-order valence-corrected chi connectivity index (χ3v) is 2.69. The van der Waals surface area contributed by atoms with Crippen molar-refractivity contribution in [1.29, 1.82) is 0 Å². The third kappa shape index (κ3) is 4.08. The zero-order valence-electron chi connectivity index (χ0n) is 11.5. The van der Waals surface area contributed by atoms with Crippen molar-refractivity contribution in [2.24, 2.45) is 0 Å².